The van der Waals surface area contributed by atoms with Gasteiger partial charge in [-0.05, 0) is 48.8 Å². The van der Waals surface area contributed by atoms with Gasteiger partial charge in [0.1, 0.15) is 17.7 Å². The quantitative estimate of drug-likeness (QED) is 0.512. The topological polar surface area (TPSA) is 80.3 Å². The molecule has 3 rings (SSSR count). The fraction of sp³-hybridized carbons (Fsp3) is 0.250. The molecule has 8 heteroatoms. The smallest absolute Gasteiger partial charge is 0.263 e. The molecule has 0 fully saturated rings. The third-order valence-electron chi connectivity index (χ3n) is 4.99. The molecule has 0 unspecified atom stereocenters. The van der Waals surface area contributed by atoms with Crippen molar-refractivity contribution in [2.24, 2.45) is 4.99 Å². The van der Waals surface area contributed by atoms with Crippen LogP contribution in [-0.4, -0.2) is 22.4 Å². The second-order valence-electron chi connectivity index (χ2n) is 6.91. The van der Waals surface area contributed by atoms with E-state index in [4.69, 9.17) is 4.74 Å². The van der Waals surface area contributed by atoms with E-state index in [1.54, 1.807) is 31.3 Å². The number of allylic oxidation sites excluding steroid dienone is 5. The van der Waals surface area contributed by atoms with Gasteiger partial charge < -0.3 is 4.74 Å². The second-order valence-corrected chi connectivity index (χ2v) is 6.91. The molecule has 0 spiro atoms. The maximum Gasteiger partial charge on any atom is 0.263 e. The van der Waals surface area contributed by atoms with Crippen molar-refractivity contribution in [3.63, 3.8) is 0 Å². The van der Waals surface area contributed by atoms with Gasteiger partial charge in [0.2, 0.25) is 0 Å². The number of aromatic nitrogens is 2. The number of aliphatic imine (C=N–C) groups is 1. The summed E-state index contributed by atoms with van der Waals surface area (Å²) in [4.78, 5) is 21.9. The van der Waals surface area contributed by atoms with Crippen LogP contribution in [0.5, 0.6) is 0 Å². The minimum Gasteiger partial charge on any atom is -0.371 e. The van der Waals surface area contributed by atoms with Crippen LogP contribution in [0.2, 0.25) is 0 Å². The number of ether oxygens (including phenoxy) is 1. The molecule has 0 bridgehead atoms. The Balaban J connectivity index is 2.38. The molecule has 0 aromatic carbocycles. The van der Waals surface area contributed by atoms with E-state index in [1.165, 1.54) is 29.8 Å². The van der Waals surface area contributed by atoms with E-state index in [1.807, 2.05) is 6.07 Å². The minimum absolute atomic E-state index is 0.00543. The predicted molar refractivity (Wildman–Crippen MR) is 119 cm³/mol. The molecule has 164 valence electrons. The number of nitriles is 1. The van der Waals surface area contributed by atoms with Crippen LogP contribution in [0, 0.1) is 11.3 Å². The van der Waals surface area contributed by atoms with Crippen LogP contribution >= 0.6 is 0 Å². The summed E-state index contributed by atoms with van der Waals surface area (Å²) in [6, 6.07) is 6.88. The molecular weight excluding hydrogens is 414 g/mol. The third-order valence-corrected chi connectivity index (χ3v) is 4.99. The van der Waals surface area contributed by atoms with Gasteiger partial charge in [0, 0.05) is 11.8 Å². The van der Waals surface area contributed by atoms with Crippen LogP contribution in [0.15, 0.2) is 69.8 Å². The summed E-state index contributed by atoms with van der Waals surface area (Å²) in [6.07, 6.45) is 6.89. The van der Waals surface area contributed by atoms with Crippen LogP contribution in [0.4, 0.5) is 8.78 Å². The normalized spacial score (nSPS) is 18.0. The highest BCUT2D eigenvalue weighted by Crippen LogP contribution is 2.28. The van der Waals surface area contributed by atoms with Gasteiger partial charge in [-0.25, -0.2) is 8.78 Å². The molecule has 6 nitrogen and oxygen atoms in total. The van der Waals surface area contributed by atoms with Gasteiger partial charge in [-0.2, -0.15) is 5.26 Å². The van der Waals surface area contributed by atoms with E-state index in [-0.39, 0.29) is 42.9 Å². The first-order valence-electron chi connectivity index (χ1n) is 10.1. The lowest BCUT2D eigenvalue weighted by Crippen LogP contribution is -2.28. The average Bonchev–Trinajstić information content (AvgIpc) is 2.81. The van der Waals surface area contributed by atoms with Crippen molar-refractivity contribution in [3.8, 4) is 11.8 Å². The molecule has 2 aromatic rings. The predicted octanol–water partition coefficient (Wildman–Crippen LogP) is 4.75. The summed E-state index contributed by atoms with van der Waals surface area (Å²) in [5, 5.41) is 9.59. The van der Waals surface area contributed by atoms with E-state index < -0.39 is 17.2 Å². The van der Waals surface area contributed by atoms with Crippen molar-refractivity contribution in [2.45, 2.75) is 33.4 Å². The lowest BCUT2D eigenvalue weighted by Gasteiger charge is -2.20. The van der Waals surface area contributed by atoms with Crippen LogP contribution in [0.3, 0.4) is 0 Å². The lowest BCUT2D eigenvalue weighted by molar-refractivity contribution is 0.142. The van der Waals surface area contributed by atoms with Crippen molar-refractivity contribution in [1.29, 1.82) is 5.26 Å². The Morgan fingerprint density at radius 2 is 2.25 bits per heavy atom. The highest BCUT2D eigenvalue weighted by Gasteiger charge is 2.21. The summed E-state index contributed by atoms with van der Waals surface area (Å²) in [7, 11) is 0. The fourth-order valence-corrected chi connectivity index (χ4v) is 3.46. The summed E-state index contributed by atoms with van der Waals surface area (Å²) in [5.41, 5.74) is 1.43. The van der Waals surface area contributed by atoms with E-state index in [0.29, 0.717) is 16.9 Å². The molecule has 0 radical (unpaired) electrons. The Morgan fingerprint density at radius 3 is 2.91 bits per heavy atom. The molecule has 0 aliphatic carbocycles. The molecule has 0 saturated carbocycles. The highest BCUT2D eigenvalue weighted by atomic mass is 19.1. The van der Waals surface area contributed by atoms with Gasteiger partial charge in [-0.1, -0.05) is 13.0 Å². The SMILES string of the molecule is C/C=C(F)\C(C#N)=C(/CC)c1cc2c(n(-c3cccnc3)c1=O)COC/C=C(F)\C=N/C2. The largest absolute Gasteiger partial charge is 0.371 e. The van der Waals surface area contributed by atoms with Gasteiger partial charge in [0.15, 0.2) is 0 Å². The average molecular weight is 436 g/mol. The standard InChI is InChI=1S/C24H22F2N4O2/c1-3-19(21(11-27)22(26)4-2)20-10-16-12-29-13-17(25)7-9-32-15-23(16)30(24(20)31)18-6-5-8-28-14-18/h4-8,10,13-14H,3,9,12,15H2,1-2H3/b17-7+,21-19+,22-4+,29-13-. The number of hydrogen-bond donors (Lipinski definition) is 0. The maximum atomic E-state index is 14.4. The Morgan fingerprint density at radius 1 is 1.44 bits per heavy atom. The summed E-state index contributed by atoms with van der Waals surface area (Å²) in [5.74, 6) is -1.23. The van der Waals surface area contributed by atoms with Crippen molar-refractivity contribution in [1.82, 2.24) is 9.55 Å². The molecule has 0 N–H and O–H groups in total. The molecular formula is C24H22F2N4O2. The highest BCUT2D eigenvalue weighted by molar-refractivity contribution is 5.76. The van der Waals surface area contributed by atoms with Crippen LogP contribution in [-0.2, 0) is 17.9 Å². The monoisotopic (exact) mass is 436 g/mol. The van der Waals surface area contributed by atoms with E-state index >= 15 is 0 Å². The Bertz CT molecular complexity index is 1220. The number of halogens is 2. The van der Waals surface area contributed by atoms with Gasteiger partial charge in [-0.15, -0.1) is 0 Å². The fourth-order valence-electron chi connectivity index (χ4n) is 3.46. The summed E-state index contributed by atoms with van der Waals surface area (Å²) < 4.78 is 35.2. The number of pyridine rings is 2. The first kappa shape index (κ1) is 23.0. The third kappa shape index (κ3) is 4.79. The molecule has 0 saturated heterocycles. The molecule has 0 atom stereocenters. The summed E-state index contributed by atoms with van der Waals surface area (Å²) in [6.45, 7) is 3.33. The molecule has 3 heterocycles. The first-order valence-corrected chi connectivity index (χ1v) is 10.1. The Kier molecular flexibility index (Phi) is 7.58. The zero-order chi connectivity index (χ0) is 23.1. The van der Waals surface area contributed by atoms with Crippen molar-refractivity contribution >= 4 is 11.8 Å². The van der Waals surface area contributed by atoms with Gasteiger partial charge in [-0.3, -0.25) is 19.3 Å². The lowest BCUT2D eigenvalue weighted by atomic mass is 9.96. The van der Waals surface area contributed by atoms with Crippen molar-refractivity contribution < 1.29 is 13.5 Å². The zero-order valence-electron chi connectivity index (χ0n) is 17.8. The first-order chi connectivity index (χ1) is 15.5. The second kappa shape index (κ2) is 10.6. The number of hydrogen-bond acceptors (Lipinski definition) is 5. The van der Waals surface area contributed by atoms with Crippen molar-refractivity contribution in [2.75, 3.05) is 6.61 Å². The maximum absolute atomic E-state index is 14.4. The molecule has 1 aliphatic rings. The summed E-state index contributed by atoms with van der Waals surface area (Å²) >= 11 is 0. The molecule has 0 amide bonds. The van der Waals surface area contributed by atoms with E-state index in [0.717, 1.165) is 6.21 Å². The Labute approximate surface area is 184 Å². The number of rotatable bonds is 4. The minimum atomic E-state index is -0.703. The number of nitrogens with zero attached hydrogens (tertiary/aromatic N) is 4. The molecule has 32 heavy (non-hydrogen) atoms. The molecule has 1 aliphatic heterocycles. The van der Waals surface area contributed by atoms with E-state index in [9.17, 15) is 18.8 Å². The van der Waals surface area contributed by atoms with E-state index in [2.05, 4.69) is 9.98 Å². The Hall–Kier alpha value is -3.70. The van der Waals surface area contributed by atoms with Gasteiger partial charge in [0.05, 0.1) is 49.1 Å². The van der Waals surface area contributed by atoms with Crippen LogP contribution in [0.1, 0.15) is 37.1 Å². The molecule has 2 aromatic heterocycles. The van der Waals surface area contributed by atoms with Crippen LogP contribution < -0.4 is 5.56 Å². The number of fused-ring (bicyclic) bond motifs is 1. The zero-order valence-corrected chi connectivity index (χ0v) is 17.8. The van der Waals surface area contributed by atoms with Gasteiger partial charge >= 0.3 is 0 Å². The van der Waals surface area contributed by atoms with Crippen LogP contribution in [0.25, 0.3) is 11.3 Å². The van der Waals surface area contributed by atoms with Gasteiger partial charge in [0.25, 0.3) is 5.56 Å². The van der Waals surface area contributed by atoms with Crippen molar-refractivity contribution in [3.05, 3.63) is 87.1 Å².